The number of likely N-dealkylation sites (N-methyl/N-ethyl adjacent to an activating group) is 1. The zero-order valence-electron chi connectivity index (χ0n) is 12.2. The smallest absolute Gasteiger partial charge is 0.122 e. The molecule has 0 amide bonds. The Morgan fingerprint density at radius 1 is 1.17 bits per heavy atom. The van der Waals surface area contributed by atoms with E-state index in [-0.39, 0.29) is 6.04 Å². The van der Waals surface area contributed by atoms with Crippen molar-refractivity contribution in [3.05, 3.63) is 28.8 Å². The Morgan fingerprint density at radius 3 is 2.44 bits per heavy atom. The fourth-order valence-electron chi connectivity index (χ4n) is 2.15. The van der Waals surface area contributed by atoms with Crippen LogP contribution in [0.1, 0.15) is 36.6 Å². The van der Waals surface area contributed by atoms with Gasteiger partial charge in [-0.25, -0.2) is 0 Å². The summed E-state index contributed by atoms with van der Waals surface area (Å²) in [4.78, 5) is 0. The summed E-state index contributed by atoms with van der Waals surface area (Å²) < 4.78 is 10.9. The summed E-state index contributed by atoms with van der Waals surface area (Å²) in [6.45, 7) is 10.7. The largest absolute Gasteiger partial charge is 0.496 e. The minimum absolute atomic E-state index is 0.250. The number of ether oxygens (including phenoxy) is 2. The van der Waals surface area contributed by atoms with Crippen LogP contribution in [-0.2, 0) is 4.74 Å². The quantitative estimate of drug-likeness (QED) is 0.808. The highest BCUT2D eigenvalue weighted by Crippen LogP contribution is 2.26. The van der Waals surface area contributed by atoms with Crippen molar-refractivity contribution in [2.75, 3.05) is 26.9 Å². The molecule has 3 nitrogen and oxygen atoms in total. The molecule has 0 aliphatic carbocycles. The van der Waals surface area contributed by atoms with Gasteiger partial charge in [-0.05, 0) is 50.1 Å². The zero-order valence-corrected chi connectivity index (χ0v) is 12.2. The van der Waals surface area contributed by atoms with Crippen LogP contribution < -0.4 is 10.1 Å². The lowest BCUT2D eigenvalue weighted by molar-refractivity contribution is 0.123. The lowest BCUT2D eigenvalue weighted by atomic mass is 9.98. The average molecular weight is 251 g/mol. The number of rotatable bonds is 7. The van der Waals surface area contributed by atoms with Gasteiger partial charge >= 0.3 is 0 Å². The lowest BCUT2D eigenvalue weighted by Crippen LogP contribution is -2.26. The fourth-order valence-corrected chi connectivity index (χ4v) is 2.15. The molecule has 0 spiro atoms. The van der Waals surface area contributed by atoms with Crippen LogP contribution in [0.4, 0.5) is 0 Å². The molecule has 1 N–H and O–H groups in total. The Hall–Kier alpha value is -1.06. The summed E-state index contributed by atoms with van der Waals surface area (Å²) in [5.41, 5.74) is 3.70. The molecule has 102 valence electrons. The SMILES string of the molecule is CCNC(COCC)c1cc(C)c(OC)cc1C. The molecule has 1 atom stereocenters. The molecule has 0 heterocycles. The van der Waals surface area contributed by atoms with Gasteiger partial charge in [-0.3, -0.25) is 0 Å². The van der Waals surface area contributed by atoms with Gasteiger partial charge in [0.1, 0.15) is 5.75 Å². The second kappa shape index (κ2) is 7.39. The van der Waals surface area contributed by atoms with E-state index in [9.17, 15) is 0 Å². The van der Waals surface area contributed by atoms with Gasteiger partial charge in [0.05, 0.1) is 19.8 Å². The zero-order chi connectivity index (χ0) is 13.5. The normalized spacial score (nSPS) is 12.5. The van der Waals surface area contributed by atoms with Crippen LogP contribution in [0, 0.1) is 13.8 Å². The summed E-state index contributed by atoms with van der Waals surface area (Å²) in [6, 6.07) is 4.54. The van der Waals surface area contributed by atoms with Gasteiger partial charge in [0.25, 0.3) is 0 Å². The van der Waals surface area contributed by atoms with Gasteiger partial charge in [-0.1, -0.05) is 13.0 Å². The number of hydrogen-bond donors (Lipinski definition) is 1. The highest BCUT2D eigenvalue weighted by atomic mass is 16.5. The van der Waals surface area contributed by atoms with E-state index in [4.69, 9.17) is 9.47 Å². The van der Waals surface area contributed by atoms with Crippen LogP contribution >= 0.6 is 0 Å². The van der Waals surface area contributed by atoms with Crippen LogP contribution in [0.25, 0.3) is 0 Å². The molecule has 0 bridgehead atoms. The first-order chi connectivity index (χ1) is 8.63. The van der Waals surface area contributed by atoms with E-state index >= 15 is 0 Å². The van der Waals surface area contributed by atoms with Gasteiger partial charge in [0.15, 0.2) is 0 Å². The number of nitrogens with one attached hydrogen (secondary N) is 1. The molecule has 0 radical (unpaired) electrons. The van der Waals surface area contributed by atoms with E-state index in [0.29, 0.717) is 6.61 Å². The maximum atomic E-state index is 5.56. The molecule has 18 heavy (non-hydrogen) atoms. The third-order valence-electron chi connectivity index (χ3n) is 3.10. The highest BCUT2D eigenvalue weighted by molar-refractivity contribution is 5.42. The predicted molar refractivity (Wildman–Crippen MR) is 75.4 cm³/mol. The van der Waals surface area contributed by atoms with Crippen molar-refractivity contribution in [1.29, 1.82) is 0 Å². The Labute approximate surface area is 110 Å². The van der Waals surface area contributed by atoms with E-state index in [0.717, 1.165) is 24.5 Å². The molecule has 0 fully saturated rings. The van der Waals surface area contributed by atoms with E-state index in [2.05, 4.69) is 38.2 Å². The van der Waals surface area contributed by atoms with Gasteiger partial charge < -0.3 is 14.8 Å². The fraction of sp³-hybridized carbons (Fsp3) is 0.600. The molecule has 0 aliphatic heterocycles. The monoisotopic (exact) mass is 251 g/mol. The second-order valence-corrected chi connectivity index (χ2v) is 4.45. The van der Waals surface area contributed by atoms with E-state index in [1.807, 2.05) is 6.92 Å². The Balaban J connectivity index is 2.99. The van der Waals surface area contributed by atoms with Gasteiger partial charge in [-0.2, -0.15) is 0 Å². The van der Waals surface area contributed by atoms with Crippen molar-refractivity contribution in [2.24, 2.45) is 0 Å². The highest BCUT2D eigenvalue weighted by Gasteiger charge is 2.14. The van der Waals surface area contributed by atoms with E-state index in [1.165, 1.54) is 11.1 Å². The number of methoxy groups -OCH3 is 1. The summed E-state index contributed by atoms with van der Waals surface area (Å²) >= 11 is 0. The Kier molecular flexibility index (Phi) is 6.16. The maximum absolute atomic E-state index is 5.56. The molecule has 0 aliphatic rings. The number of hydrogen-bond acceptors (Lipinski definition) is 3. The molecule has 1 unspecified atom stereocenters. The maximum Gasteiger partial charge on any atom is 0.122 e. The van der Waals surface area contributed by atoms with Crippen molar-refractivity contribution < 1.29 is 9.47 Å². The molecule has 1 rings (SSSR count). The van der Waals surface area contributed by atoms with Crippen molar-refractivity contribution in [1.82, 2.24) is 5.32 Å². The van der Waals surface area contributed by atoms with Crippen molar-refractivity contribution in [3.8, 4) is 5.75 Å². The number of benzene rings is 1. The van der Waals surface area contributed by atoms with Gasteiger partial charge in [0.2, 0.25) is 0 Å². The summed E-state index contributed by atoms with van der Waals surface area (Å²) in [7, 11) is 1.71. The minimum atomic E-state index is 0.250. The Morgan fingerprint density at radius 2 is 1.89 bits per heavy atom. The van der Waals surface area contributed by atoms with E-state index in [1.54, 1.807) is 7.11 Å². The summed E-state index contributed by atoms with van der Waals surface area (Å²) in [5, 5.41) is 3.47. The average Bonchev–Trinajstić information content (AvgIpc) is 2.37. The van der Waals surface area contributed by atoms with Gasteiger partial charge in [0, 0.05) is 6.61 Å². The molecular formula is C15H25NO2. The van der Waals surface area contributed by atoms with Crippen LogP contribution in [0.15, 0.2) is 12.1 Å². The van der Waals surface area contributed by atoms with Crippen LogP contribution in [0.3, 0.4) is 0 Å². The number of aryl methyl sites for hydroxylation is 2. The molecular weight excluding hydrogens is 226 g/mol. The third-order valence-corrected chi connectivity index (χ3v) is 3.10. The third kappa shape index (κ3) is 3.72. The van der Waals surface area contributed by atoms with Crippen molar-refractivity contribution >= 4 is 0 Å². The minimum Gasteiger partial charge on any atom is -0.496 e. The van der Waals surface area contributed by atoms with Crippen LogP contribution in [-0.4, -0.2) is 26.9 Å². The second-order valence-electron chi connectivity index (χ2n) is 4.45. The summed E-state index contributed by atoms with van der Waals surface area (Å²) in [6.07, 6.45) is 0. The first-order valence-corrected chi connectivity index (χ1v) is 6.60. The molecule has 0 saturated carbocycles. The Bertz CT molecular complexity index is 377. The molecule has 0 aromatic heterocycles. The molecule has 0 saturated heterocycles. The molecule has 1 aromatic carbocycles. The van der Waals surface area contributed by atoms with E-state index < -0.39 is 0 Å². The summed E-state index contributed by atoms with van der Waals surface area (Å²) in [5.74, 6) is 0.947. The lowest BCUT2D eigenvalue weighted by Gasteiger charge is -2.21. The standard InChI is InChI=1S/C15H25NO2/c1-6-16-14(10-18-7-2)13-8-12(4)15(17-5)9-11(13)3/h8-9,14,16H,6-7,10H2,1-5H3. The molecule has 3 heteroatoms. The van der Waals surface area contributed by atoms with Crippen LogP contribution in [0.2, 0.25) is 0 Å². The molecule has 1 aromatic rings. The van der Waals surface area contributed by atoms with Crippen molar-refractivity contribution in [2.45, 2.75) is 33.7 Å². The first-order valence-electron chi connectivity index (χ1n) is 6.60. The first kappa shape index (κ1) is 15.0. The topological polar surface area (TPSA) is 30.5 Å². The van der Waals surface area contributed by atoms with Crippen molar-refractivity contribution in [3.63, 3.8) is 0 Å². The predicted octanol–water partition coefficient (Wildman–Crippen LogP) is 3.00. The van der Waals surface area contributed by atoms with Crippen LogP contribution in [0.5, 0.6) is 5.75 Å². The van der Waals surface area contributed by atoms with Gasteiger partial charge in [-0.15, -0.1) is 0 Å².